The quantitative estimate of drug-likeness (QED) is 0.741. The van der Waals surface area contributed by atoms with Gasteiger partial charge in [0.15, 0.2) is 0 Å². The molecule has 0 bridgehead atoms. The van der Waals surface area contributed by atoms with E-state index in [4.69, 9.17) is 4.74 Å². The van der Waals surface area contributed by atoms with Crippen molar-refractivity contribution in [1.82, 2.24) is 9.88 Å². The maximum atomic E-state index is 12.3. The van der Waals surface area contributed by atoms with Crippen molar-refractivity contribution in [2.45, 2.75) is 11.8 Å². The zero-order chi connectivity index (χ0) is 16.5. The molecule has 0 radical (unpaired) electrons. The van der Waals surface area contributed by atoms with Crippen LogP contribution in [-0.2, 0) is 9.53 Å². The largest absolute Gasteiger partial charge is 0.378 e. The number of aromatic amines is 1. The van der Waals surface area contributed by atoms with Gasteiger partial charge in [0.05, 0.1) is 24.5 Å². The Hall–Kier alpha value is -1.98. The second-order valence-electron chi connectivity index (χ2n) is 6.06. The molecule has 2 aromatic carbocycles. The lowest BCUT2D eigenvalue weighted by molar-refractivity contribution is -0.132. The Morgan fingerprint density at radius 3 is 2.79 bits per heavy atom. The van der Waals surface area contributed by atoms with Crippen LogP contribution in [-0.4, -0.2) is 47.8 Å². The number of ether oxygens (including phenoxy) is 1. The van der Waals surface area contributed by atoms with Crippen molar-refractivity contribution < 1.29 is 9.53 Å². The number of carbonyl (C=O) groups is 1. The molecule has 124 valence electrons. The summed E-state index contributed by atoms with van der Waals surface area (Å²) in [5, 5.41) is 2.49. The first kappa shape index (κ1) is 15.5. The van der Waals surface area contributed by atoms with Crippen molar-refractivity contribution in [2.75, 3.05) is 32.1 Å². The van der Waals surface area contributed by atoms with Crippen molar-refractivity contribution >= 4 is 39.5 Å². The summed E-state index contributed by atoms with van der Waals surface area (Å²) in [6.45, 7) is 4.84. The molecule has 1 aromatic heterocycles. The van der Waals surface area contributed by atoms with E-state index in [-0.39, 0.29) is 5.91 Å². The Balaban J connectivity index is 1.57. The normalized spacial score (nSPS) is 15.3. The molecule has 1 aliphatic heterocycles. The number of aromatic nitrogens is 1. The minimum atomic E-state index is 0.194. The van der Waals surface area contributed by atoms with Gasteiger partial charge in [0, 0.05) is 34.3 Å². The van der Waals surface area contributed by atoms with Crippen molar-refractivity contribution in [3.63, 3.8) is 0 Å². The Morgan fingerprint density at radius 2 is 1.96 bits per heavy atom. The zero-order valence-electron chi connectivity index (χ0n) is 13.7. The number of carbonyl (C=O) groups excluding carboxylic acids is 1. The highest BCUT2D eigenvalue weighted by atomic mass is 32.2. The molecule has 0 unspecified atom stereocenters. The van der Waals surface area contributed by atoms with Gasteiger partial charge in [0.25, 0.3) is 0 Å². The molecule has 5 heteroatoms. The molecule has 0 aliphatic carbocycles. The minimum absolute atomic E-state index is 0.194. The van der Waals surface area contributed by atoms with Crippen LogP contribution in [0.3, 0.4) is 0 Å². The molecule has 1 N–H and O–H groups in total. The van der Waals surface area contributed by atoms with Crippen LogP contribution in [0.1, 0.15) is 5.56 Å². The molecule has 0 saturated carbocycles. The first-order valence-corrected chi connectivity index (χ1v) is 9.21. The number of morpholine rings is 1. The highest BCUT2D eigenvalue weighted by molar-refractivity contribution is 8.00. The van der Waals surface area contributed by atoms with E-state index in [1.165, 1.54) is 21.9 Å². The number of thioether (sulfide) groups is 1. The third-order valence-corrected chi connectivity index (χ3v) is 5.75. The van der Waals surface area contributed by atoms with E-state index in [0.717, 1.165) is 10.4 Å². The fourth-order valence-electron chi connectivity index (χ4n) is 3.24. The number of benzene rings is 2. The summed E-state index contributed by atoms with van der Waals surface area (Å²) in [5.41, 5.74) is 3.53. The number of aryl methyl sites for hydroxylation is 1. The van der Waals surface area contributed by atoms with Gasteiger partial charge in [-0.05, 0) is 24.6 Å². The van der Waals surface area contributed by atoms with Crippen molar-refractivity contribution in [3.8, 4) is 0 Å². The molecule has 4 rings (SSSR count). The van der Waals surface area contributed by atoms with Crippen LogP contribution in [0.4, 0.5) is 0 Å². The fourth-order valence-corrected chi connectivity index (χ4v) is 4.18. The van der Waals surface area contributed by atoms with Crippen LogP contribution in [0.5, 0.6) is 0 Å². The van der Waals surface area contributed by atoms with Crippen LogP contribution in [0.15, 0.2) is 41.3 Å². The van der Waals surface area contributed by atoms with Crippen molar-refractivity contribution in [2.24, 2.45) is 0 Å². The minimum Gasteiger partial charge on any atom is -0.378 e. The summed E-state index contributed by atoms with van der Waals surface area (Å²) in [7, 11) is 0. The van der Waals surface area contributed by atoms with Gasteiger partial charge in [-0.15, -0.1) is 11.8 Å². The lowest BCUT2D eigenvalue weighted by Gasteiger charge is -2.26. The number of nitrogens with zero attached hydrogens (tertiary/aromatic N) is 1. The topological polar surface area (TPSA) is 45.3 Å². The Bertz CT molecular complexity index is 897. The van der Waals surface area contributed by atoms with Crippen molar-refractivity contribution in [3.05, 3.63) is 42.0 Å². The molecule has 3 aromatic rings. The Labute approximate surface area is 145 Å². The molecular formula is C19H20N2O2S. The molecule has 0 spiro atoms. The predicted molar refractivity (Wildman–Crippen MR) is 98.7 cm³/mol. The summed E-state index contributed by atoms with van der Waals surface area (Å²) in [5.74, 6) is 0.673. The molecular weight excluding hydrogens is 320 g/mol. The SMILES string of the molecule is Cc1c(SCC(=O)N2CCOCC2)ccc2c1[nH]c1ccccc12. The van der Waals surface area contributed by atoms with Crippen LogP contribution in [0, 0.1) is 6.92 Å². The van der Waals surface area contributed by atoms with Gasteiger partial charge in [-0.2, -0.15) is 0 Å². The first-order chi connectivity index (χ1) is 11.7. The summed E-state index contributed by atoms with van der Waals surface area (Å²) in [4.78, 5) is 18.9. The van der Waals surface area contributed by atoms with E-state index in [2.05, 4.69) is 42.2 Å². The van der Waals surface area contributed by atoms with Crippen LogP contribution in [0.2, 0.25) is 0 Å². The molecule has 1 amide bonds. The third kappa shape index (κ3) is 2.78. The van der Waals surface area contributed by atoms with E-state index in [1.807, 2.05) is 11.0 Å². The smallest absolute Gasteiger partial charge is 0.233 e. The van der Waals surface area contributed by atoms with Crippen LogP contribution < -0.4 is 0 Å². The average molecular weight is 340 g/mol. The molecule has 1 aliphatic rings. The fraction of sp³-hybridized carbons (Fsp3) is 0.316. The molecule has 1 fully saturated rings. The number of para-hydroxylation sites is 1. The number of hydrogen-bond donors (Lipinski definition) is 1. The highest BCUT2D eigenvalue weighted by Crippen LogP contribution is 2.33. The van der Waals surface area contributed by atoms with Gasteiger partial charge in [-0.3, -0.25) is 4.79 Å². The number of H-pyrrole nitrogens is 1. The lowest BCUT2D eigenvalue weighted by Crippen LogP contribution is -2.41. The summed E-state index contributed by atoms with van der Waals surface area (Å²) in [6.07, 6.45) is 0. The second-order valence-corrected chi connectivity index (χ2v) is 7.08. The zero-order valence-corrected chi connectivity index (χ0v) is 14.5. The van der Waals surface area contributed by atoms with E-state index in [0.29, 0.717) is 32.1 Å². The average Bonchev–Trinajstić information content (AvgIpc) is 3.01. The number of amides is 1. The van der Waals surface area contributed by atoms with Gasteiger partial charge in [0.1, 0.15) is 0 Å². The monoisotopic (exact) mass is 340 g/mol. The lowest BCUT2D eigenvalue weighted by atomic mass is 10.1. The van der Waals surface area contributed by atoms with Gasteiger partial charge in [0.2, 0.25) is 5.91 Å². The Kier molecular flexibility index (Phi) is 4.21. The number of rotatable bonds is 3. The Morgan fingerprint density at radius 1 is 1.17 bits per heavy atom. The molecule has 24 heavy (non-hydrogen) atoms. The van der Waals surface area contributed by atoms with Gasteiger partial charge < -0.3 is 14.6 Å². The maximum Gasteiger partial charge on any atom is 0.233 e. The standard InChI is InChI=1S/C19H20N2O2S/c1-13-17(24-12-18(22)21-8-10-23-11-9-21)7-6-15-14-4-2-3-5-16(14)20-19(13)15/h2-7,20H,8-12H2,1H3. The van der Waals surface area contributed by atoms with Crippen LogP contribution in [0.25, 0.3) is 21.8 Å². The van der Waals surface area contributed by atoms with E-state index in [1.54, 1.807) is 11.8 Å². The van der Waals surface area contributed by atoms with Crippen molar-refractivity contribution in [1.29, 1.82) is 0 Å². The molecule has 4 nitrogen and oxygen atoms in total. The third-order valence-electron chi connectivity index (χ3n) is 4.61. The van der Waals surface area contributed by atoms with Gasteiger partial charge in [-0.25, -0.2) is 0 Å². The highest BCUT2D eigenvalue weighted by Gasteiger charge is 2.17. The number of hydrogen-bond acceptors (Lipinski definition) is 3. The van der Waals surface area contributed by atoms with E-state index < -0.39 is 0 Å². The van der Waals surface area contributed by atoms with E-state index in [9.17, 15) is 4.79 Å². The first-order valence-electron chi connectivity index (χ1n) is 8.22. The molecule has 0 atom stereocenters. The van der Waals surface area contributed by atoms with Gasteiger partial charge >= 0.3 is 0 Å². The van der Waals surface area contributed by atoms with E-state index >= 15 is 0 Å². The second kappa shape index (κ2) is 6.49. The molecule has 1 saturated heterocycles. The number of fused-ring (bicyclic) bond motifs is 3. The summed E-state index contributed by atoms with van der Waals surface area (Å²) < 4.78 is 5.30. The number of nitrogens with one attached hydrogen (secondary N) is 1. The molecule has 2 heterocycles. The van der Waals surface area contributed by atoms with Crippen LogP contribution >= 0.6 is 11.8 Å². The summed E-state index contributed by atoms with van der Waals surface area (Å²) in [6, 6.07) is 12.6. The summed E-state index contributed by atoms with van der Waals surface area (Å²) >= 11 is 1.62. The predicted octanol–water partition coefficient (Wildman–Crippen LogP) is 3.58. The van der Waals surface area contributed by atoms with Gasteiger partial charge in [-0.1, -0.05) is 24.3 Å². The maximum absolute atomic E-state index is 12.3.